The minimum atomic E-state index is -0.941. The second kappa shape index (κ2) is 6.77. The van der Waals surface area contributed by atoms with Gasteiger partial charge in [-0.3, -0.25) is 4.79 Å². The summed E-state index contributed by atoms with van der Waals surface area (Å²) in [6.45, 7) is 5.32. The standard InChI is InChI=1S/C12H19N3O4/c1-4-9(5-10(16)17)15-12(18)14-8(3)11-13-6-7(2)19-11/h6,8-9H,4-5H2,1-3H3,(H,16,17)(H2,14,15,18). The van der Waals surface area contributed by atoms with Gasteiger partial charge in [0, 0.05) is 6.04 Å². The lowest BCUT2D eigenvalue weighted by Crippen LogP contribution is -2.43. The van der Waals surface area contributed by atoms with Crippen LogP contribution in [0.25, 0.3) is 0 Å². The number of carboxylic acid groups (broad SMARTS) is 1. The number of nitrogens with one attached hydrogen (secondary N) is 2. The van der Waals surface area contributed by atoms with Crippen molar-refractivity contribution in [2.45, 2.75) is 45.7 Å². The van der Waals surface area contributed by atoms with Crippen LogP contribution in [-0.4, -0.2) is 28.1 Å². The first-order chi connectivity index (χ1) is 8.92. The molecular weight excluding hydrogens is 250 g/mol. The number of carboxylic acids is 1. The molecule has 2 amide bonds. The fourth-order valence-corrected chi connectivity index (χ4v) is 1.57. The molecule has 106 valence electrons. The summed E-state index contributed by atoms with van der Waals surface area (Å²) in [6.07, 6.45) is 2.02. The summed E-state index contributed by atoms with van der Waals surface area (Å²) < 4.78 is 5.29. The predicted molar refractivity (Wildman–Crippen MR) is 67.7 cm³/mol. The molecule has 2 atom stereocenters. The lowest BCUT2D eigenvalue weighted by atomic mass is 10.1. The first kappa shape index (κ1) is 15.0. The molecule has 2 unspecified atom stereocenters. The smallest absolute Gasteiger partial charge is 0.315 e. The summed E-state index contributed by atoms with van der Waals surface area (Å²) in [7, 11) is 0. The lowest BCUT2D eigenvalue weighted by Gasteiger charge is -2.17. The summed E-state index contributed by atoms with van der Waals surface area (Å²) in [5, 5.41) is 13.9. The number of carbonyl (C=O) groups excluding carboxylic acids is 1. The van der Waals surface area contributed by atoms with Crippen molar-refractivity contribution in [2.24, 2.45) is 0 Å². The van der Waals surface area contributed by atoms with Gasteiger partial charge >= 0.3 is 12.0 Å². The number of rotatable bonds is 6. The van der Waals surface area contributed by atoms with Crippen LogP contribution >= 0.6 is 0 Å². The first-order valence-corrected chi connectivity index (χ1v) is 6.13. The molecule has 0 aliphatic carbocycles. The lowest BCUT2D eigenvalue weighted by molar-refractivity contribution is -0.137. The second-order valence-electron chi connectivity index (χ2n) is 4.35. The Kier molecular flexibility index (Phi) is 5.35. The van der Waals surface area contributed by atoms with Gasteiger partial charge in [0.05, 0.1) is 12.6 Å². The van der Waals surface area contributed by atoms with Crippen LogP contribution in [0.1, 0.15) is 44.4 Å². The molecule has 7 heteroatoms. The highest BCUT2D eigenvalue weighted by atomic mass is 16.4. The Morgan fingerprint density at radius 1 is 1.47 bits per heavy atom. The van der Waals surface area contributed by atoms with Crippen LogP contribution in [0.2, 0.25) is 0 Å². The first-order valence-electron chi connectivity index (χ1n) is 6.13. The average molecular weight is 269 g/mol. The van der Waals surface area contributed by atoms with Crippen LogP contribution in [0.15, 0.2) is 10.6 Å². The van der Waals surface area contributed by atoms with E-state index in [0.717, 1.165) is 0 Å². The Morgan fingerprint density at radius 3 is 2.63 bits per heavy atom. The number of urea groups is 1. The van der Waals surface area contributed by atoms with Gasteiger partial charge in [0.2, 0.25) is 5.89 Å². The van der Waals surface area contributed by atoms with Gasteiger partial charge in [-0.1, -0.05) is 6.92 Å². The largest absolute Gasteiger partial charge is 0.481 e. The molecule has 0 saturated carbocycles. The summed E-state index contributed by atoms with van der Waals surface area (Å²) in [5.74, 6) is 0.142. The van der Waals surface area contributed by atoms with Crippen LogP contribution in [0, 0.1) is 6.92 Å². The fourth-order valence-electron chi connectivity index (χ4n) is 1.57. The quantitative estimate of drug-likeness (QED) is 0.727. The molecular formula is C12H19N3O4. The minimum absolute atomic E-state index is 0.101. The third-order valence-electron chi connectivity index (χ3n) is 2.61. The van der Waals surface area contributed by atoms with Crippen molar-refractivity contribution in [1.82, 2.24) is 15.6 Å². The molecule has 0 radical (unpaired) electrons. The Hall–Kier alpha value is -2.05. The highest BCUT2D eigenvalue weighted by Gasteiger charge is 2.17. The molecule has 0 bridgehead atoms. The molecule has 0 saturated heterocycles. The van der Waals surface area contributed by atoms with Gasteiger partial charge in [-0.25, -0.2) is 9.78 Å². The normalized spacial score (nSPS) is 13.6. The summed E-state index contributed by atoms with van der Waals surface area (Å²) >= 11 is 0. The van der Waals surface area contributed by atoms with Crippen LogP contribution in [0.5, 0.6) is 0 Å². The third-order valence-corrected chi connectivity index (χ3v) is 2.61. The van der Waals surface area contributed by atoms with E-state index in [-0.39, 0.29) is 12.5 Å². The molecule has 0 fully saturated rings. The average Bonchev–Trinajstić information content (AvgIpc) is 2.74. The summed E-state index contributed by atoms with van der Waals surface area (Å²) in [5.41, 5.74) is 0. The van der Waals surface area contributed by atoms with Crippen molar-refractivity contribution < 1.29 is 19.1 Å². The topological polar surface area (TPSA) is 104 Å². The molecule has 1 heterocycles. The van der Waals surface area contributed by atoms with Crippen molar-refractivity contribution in [1.29, 1.82) is 0 Å². The predicted octanol–water partition coefficient (Wildman–Crippen LogP) is 1.60. The van der Waals surface area contributed by atoms with E-state index in [1.54, 1.807) is 20.0 Å². The Morgan fingerprint density at radius 2 is 2.16 bits per heavy atom. The van der Waals surface area contributed by atoms with Gasteiger partial charge in [-0.2, -0.15) is 0 Å². The van der Waals surface area contributed by atoms with Gasteiger partial charge in [0.25, 0.3) is 0 Å². The van der Waals surface area contributed by atoms with Gasteiger partial charge in [0.1, 0.15) is 11.8 Å². The maximum Gasteiger partial charge on any atom is 0.315 e. The number of carbonyl (C=O) groups is 2. The third kappa shape index (κ3) is 4.99. The number of oxazole rings is 1. The number of hydrogen-bond acceptors (Lipinski definition) is 4. The molecule has 3 N–H and O–H groups in total. The molecule has 0 aliphatic rings. The Labute approximate surface area is 111 Å². The van der Waals surface area contributed by atoms with Crippen molar-refractivity contribution in [3.63, 3.8) is 0 Å². The van der Waals surface area contributed by atoms with E-state index in [1.807, 2.05) is 6.92 Å². The molecule has 1 aromatic rings. The van der Waals surface area contributed by atoms with Crippen LogP contribution in [0.4, 0.5) is 4.79 Å². The molecule has 1 rings (SSSR count). The highest BCUT2D eigenvalue weighted by molar-refractivity contribution is 5.76. The molecule has 19 heavy (non-hydrogen) atoms. The van der Waals surface area contributed by atoms with Crippen LogP contribution in [-0.2, 0) is 4.79 Å². The summed E-state index contributed by atoms with van der Waals surface area (Å²) in [4.78, 5) is 26.3. The van der Waals surface area contributed by atoms with E-state index in [9.17, 15) is 9.59 Å². The minimum Gasteiger partial charge on any atom is -0.481 e. The number of nitrogens with zero attached hydrogens (tertiary/aromatic N) is 1. The number of amides is 2. The zero-order chi connectivity index (χ0) is 14.4. The maximum atomic E-state index is 11.7. The summed E-state index contributed by atoms with van der Waals surface area (Å²) in [6, 6.07) is -1.21. The number of aliphatic carboxylic acids is 1. The molecule has 0 aromatic carbocycles. The van der Waals surface area contributed by atoms with E-state index in [0.29, 0.717) is 18.1 Å². The van der Waals surface area contributed by atoms with Crippen LogP contribution < -0.4 is 10.6 Å². The van der Waals surface area contributed by atoms with E-state index < -0.39 is 18.0 Å². The van der Waals surface area contributed by atoms with E-state index in [4.69, 9.17) is 9.52 Å². The zero-order valence-corrected chi connectivity index (χ0v) is 11.3. The van der Waals surface area contributed by atoms with E-state index >= 15 is 0 Å². The fraction of sp³-hybridized carbons (Fsp3) is 0.583. The molecule has 0 aliphatic heterocycles. The zero-order valence-electron chi connectivity index (χ0n) is 11.3. The second-order valence-corrected chi connectivity index (χ2v) is 4.35. The SMILES string of the molecule is CCC(CC(=O)O)NC(=O)NC(C)c1ncc(C)o1. The van der Waals surface area contributed by atoms with Gasteiger partial charge < -0.3 is 20.2 Å². The van der Waals surface area contributed by atoms with Gasteiger partial charge in [0.15, 0.2) is 0 Å². The van der Waals surface area contributed by atoms with Crippen molar-refractivity contribution in [3.8, 4) is 0 Å². The number of hydrogen-bond donors (Lipinski definition) is 3. The molecule has 1 aromatic heterocycles. The Balaban J connectivity index is 2.47. The van der Waals surface area contributed by atoms with Gasteiger partial charge in [-0.05, 0) is 20.3 Å². The highest BCUT2D eigenvalue weighted by Crippen LogP contribution is 2.11. The monoisotopic (exact) mass is 269 g/mol. The number of aryl methyl sites for hydroxylation is 1. The van der Waals surface area contributed by atoms with E-state index in [2.05, 4.69) is 15.6 Å². The number of aromatic nitrogens is 1. The maximum absolute atomic E-state index is 11.7. The Bertz CT molecular complexity index is 444. The van der Waals surface area contributed by atoms with E-state index in [1.165, 1.54) is 0 Å². The van der Waals surface area contributed by atoms with Gasteiger partial charge in [-0.15, -0.1) is 0 Å². The van der Waals surface area contributed by atoms with Crippen molar-refractivity contribution in [2.75, 3.05) is 0 Å². The molecule has 0 spiro atoms. The van der Waals surface area contributed by atoms with Crippen molar-refractivity contribution >= 4 is 12.0 Å². The van der Waals surface area contributed by atoms with Crippen LogP contribution in [0.3, 0.4) is 0 Å². The van der Waals surface area contributed by atoms with Crippen molar-refractivity contribution in [3.05, 3.63) is 17.8 Å². The molecule has 7 nitrogen and oxygen atoms in total.